The van der Waals surface area contributed by atoms with Gasteiger partial charge < -0.3 is 4.57 Å². The summed E-state index contributed by atoms with van der Waals surface area (Å²) in [4.78, 5) is 16.5. The van der Waals surface area contributed by atoms with Crippen LogP contribution in [-0.4, -0.2) is 15.3 Å². The monoisotopic (exact) mass is 264 g/mol. The molecule has 0 fully saturated rings. The molecule has 3 heteroatoms. The van der Waals surface area contributed by atoms with Crippen LogP contribution in [0, 0.1) is 0 Å². The van der Waals surface area contributed by atoms with E-state index in [4.69, 9.17) is 0 Å². The molecule has 0 amide bonds. The van der Waals surface area contributed by atoms with Crippen LogP contribution in [0.2, 0.25) is 0 Å². The number of aromatic nitrogens is 2. The van der Waals surface area contributed by atoms with Gasteiger partial charge in [-0.25, -0.2) is 0 Å². The standard InChI is InChI=1S/C17H16N2O/c1-2-10-19-13-7-5-11-12(6-8-15(11)20)16(13)17-14(19)4-3-9-18-17/h3-5,7,9H,2,6,8,10H2,1H3. The van der Waals surface area contributed by atoms with Gasteiger partial charge in [-0.05, 0) is 42.7 Å². The summed E-state index contributed by atoms with van der Waals surface area (Å²) in [5.41, 5.74) is 5.54. The van der Waals surface area contributed by atoms with Gasteiger partial charge in [-0.2, -0.15) is 0 Å². The molecule has 3 aromatic rings. The number of rotatable bonds is 2. The Balaban J connectivity index is 2.19. The summed E-state index contributed by atoms with van der Waals surface area (Å²) in [6.07, 6.45) is 4.42. The molecule has 4 rings (SSSR count). The van der Waals surface area contributed by atoms with Gasteiger partial charge in [-0.15, -0.1) is 0 Å². The molecule has 0 saturated carbocycles. The Hall–Kier alpha value is -2.16. The zero-order chi connectivity index (χ0) is 13.7. The fourth-order valence-electron chi connectivity index (χ4n) is 3.42. The molecule has 1 aromatic carbocycles. The molecular formula is C17H16N2O. The molecule has 0 bridgehead atoms. The Kier molecular flexibility index (Phi) is 2.43. The van der Waals surface area contributed by atoms with E-state index in [9.17, 15) is 4.79 Å². The minimum Gasteiger partial charge on any atom is -0.339 e. The highest BCUT2D eigenvalue weighted by Gasteiger charge is 2.24. The Morgan fingerprint density at radius 3 is 2.95 bits per heavy atom. The lowest BCUT2D eigenvalue weighted by molar-refractivity contribution is 0.0994. The highest BCUT2D eigenvalue weighted by atomic mass is 16.1. The van der Waals surface area contributed by atoms with E-state index in [0.29, 0.717) is 6.42 Å². The third kappa shape index (κ3) is 1.40. The molecule has 0 atom stereocenters. The maximum Gasteiger partial charge on any atom is 0.163 e. The van der Waals surface area contributed by atoms with E-state index in [-0.39, 0.29) is 5.78 Å². The molecule has 0 aliphatic heterocycles. The number of pyridine rings is 1. The minimum atomic E-state index is 0.272. The molecular weight excluding hydrogens is 248 g/mol. The molecule has 0 spiro atoms. The van der Waals surface area contributed by atoms with Gasteiger partial charge >= 0.3 is 0 Å². The average Bonchev–Trinajstić information content (AvgIpc) is 3.00. The smallest absolute Gasteiger partial charge is 0.163 e. The van der Waals surface area contributed by atoms with Crippen molar-refractivity contribution in [2.75, 3.05) is 0 Å². The first-order valence-corrected chi connectivity index (χ1v) is 7.23. The van der Waals surface area contributed by atoms with Crippen molar-refractivity contribution in [1.82, 2.24) is 9.55 Å². The minimum absolute atomic E-state index is 0.272. The van der Waals surface area contributed by atoms with Crippen LogP contribution in [0.1, 0.15) is 35.7 Å². The molecule has 0 N–H and O–H groups in total. The molecule has 100 valence electrons. The molecule has 1 aliphatic rings. The van der Waals surface area contributed by atoms with Crippen molar-refractivity contribution in [2.45, 2.75) is 32.7 Å². The van der Waals surface area contributed by atoms with E-state index in [1.54, 1.807) is 0 Å². The number of benzene rings is 1. The van der Waals surface area contributed by atoms with Crippen LogP contribution in [0.3, 0.4) is 0 Å². The van der Waals surface area contributed by atoms with Gasteiger partial charge in [0.1, 0.15) is 0 Å². The number of ketones is 1. The summed E-state index contributed by atoms with van der Waals surface area (Å²) in [6.45, 7) is 3.17. The van der Waals surface area contributed by atoms with E-state index in [0.717, 1.165) is 30.5 Å². The van der Waals surface area contributed by atoms with Crippen molar-refractivity contribution >= 4 is 27.7 Å². The molecule has 2 aromatic heterocycles. The lowest BCUT2D eigenvalue weighted by Crippen LogP contribution is -1.96. The second kappa shape index (κ2) is 4.17. The Bertz CT molecular complexity index is 845. The van der Waals surface area contributed by atoms with Gasteiger partial charge in [-0.3, -0.25) is 9.78 Å². The van der Waals surface area contributed by atoms with Crippen molar-refractivity contribution in [3.8, 4) is 0 Å². The largest absolute Gasteiger partial charge is 0.339 e. The van der Waals surface area contributed by atoms with Crippen molar-refractivity contribution < 1.29 is 4.79 Å². The first-order valence-electron chi connectivity index (χ1n) is 7.23. The van der Waals surface area contributed by atoms with Crippen LogP contribution >= 0.6 is 0 Å². The number of carbonyl (C=O) groups excluding carboxylic acids is 1. The Morgan fingerprint density at radius 2 is 2.10 bits per heavy atom. The Labute approximate surface area is 117 Å². The summed E-state index contributed by atoms with van der Waals surface area (Å²) in [5, 5.41) is 1.19. The van der Waals surface area contributed by atoms with E-state index in [1.165, 1.54) is 22.0 Å². The number of Topliss-reactive ketones (excluding diaryl/α,β-unsaturated/α-hetero) is 1. The second-order valence-corrected chi connectivity index (χ2v) is 5.43. The van der Waals surface area contributed by atoms with Gasteiger partial charge in [0.15, 0.2) is 5.78 Å². The van der Waals surface area contributed by atoms with Crippen LogP contribution in [-0.2, 0) is 13.0 Å². The number of fused-ring (bicyclic) bond motifs is 5. The quantitative estimate of drug-likeness (QED) is 0.707. The van der Waals surface area contributed by atoms with Gasteiger partial charge in [0, 0.05) is 30.1 Å². The number of nitrogens with zero attached hydrogens (tertiary/aromatic N) is 2. The van der Waals surface area contributed by atoms with E-state index in [1.807, 2.05) is 18.3 Å². The molecule has 2 heterocycles. The highest BCUT2D eigenvalue weighted by Crippen LogP contribution is 2.36. The molecule has 0 saturated heterocycles. The average molecular weight is 264 g/mol. The van der Waals surface area contributed by atoms with Gasteiger partial charge in [-0.1, -0.05) is 6.92 Å². The maximum atomic E-state index is 12.0. The van der Waals surface area contributed by atoms with Gasteiger partial charge in [0.25, 0.3) is 0 Å². The number of hydrogen-bond donors (Lipinski definition) is 0. The number of carbonyl (C=O) groups is 1. The SMILES string of the molecule is CCCn1c2cccnc2c2c3c(ccc21)C(=O)CC3. The molecule has 1 aliphatic carbocycles. The topological polar surface area (TPSA) is 34.9 Å². The van der Waals surface area contributed by atoms with Crippen molar-refractivity contribution in [3.63, 3.8) is 0 Å². The maximum absolute atomic E-state index is 12.0. The Morgan fingerprint density at radius 1 is 1.20 bits per heavy atom. The van der Waals surface area contributed by atoms with Crippen LogP contribution < -0.4 is 0 Å². The summed E-state index contributed by atoms with van der Waals surface area (Å²) in [5.74, 6) is 0.272. The molecule has 0 radical (unpaired) electrons. The molecule has 20 heavy (non-hydrogen) atoms. The van der Waals surface area contributed by atoms with Gasteiger partial charge in [0.05, 0.1) is 16.6 Å². The van der Waals surface area contributed by atoms with Crippen molar-refractivity contribution in [2.24, 2.45) is 0 Å². The van der Waals surface area contributed by atoms with Crippen LogP contribution in [0.4, 0.5) is 0 Å². The van der Waals surface area contributed by atoms with Crippen molar-refractivity contribution in [1.29, 1.82) is 0 Å². The van der Waals surface area contributed by atoms with E-state index >= 15 is 0 Å². The molecule has 0 unspecified atom stereocenters. The first-order chi connectivity index (χ1) is 9.81. The fraction of sp³-hybridized carbons (Fsp3) is 0.294. The fourth-order valence-corrected chi connectivity index (χ4v) is 3.42. The molecule has 3 nitrogen and oxygen atoms in total. The summed E-state index contributed by atoms with van der Waals surface area (Å²) in [6, 6.07) is 8.20. The predicted octanol–water partition coefficient (Wildman–Crippen LogP) is 3.73. The predicted molar refractivity (Wildman–Crippen MR) is 80.2 cm³/mol. The van der Waals surface area contributed by atoms with Crippen LogP contribution in [0.5, 0.6) is 0 Å². The zero-order valence-corrected chi connectivity index (χ0v) is 11.5. The normalized spacial score (nSPS) is 14.3. The zero-order valence-electron chi connectivity index (χ0n) is 11.5. The summed E-state index contributed by atoms with van der Waals surface area (Å²) < 4.78 is 2.33. The second-order valence-electron chi connectivity index (χ2n) is 5.43. The highest BCUT2D eigenvalue weighted by molar-refractivity contribution is 6.13. The lowest BCUT2D eigenvalue weighted by atomic mass is 10.0. The third-order valence-corrected chi connectivity index (χ3v) is 4.25. The third-order valence-electron chi connectivity index (χ3n) is 4.25. The number of hydrogen-bond acceptors (Lipinski definition) is 2. The van der Waals surface area contributed by atoms with Crippen molar-refractivity contribution in [3.05, 3.63) is 41.6 Å². The van der Waals surface area contributed by atoms with Gasteiger partial charge in [0.2, 0.25) is 0 Å². The van der Waals surface area contributed by atoms with Crippen LogP contribution in [0.25, 0.3) is 21.9 Å². The summed E-state index contributed by atoms with van der Waals surface area (Å²) >= 11 is 0. The van der Waals surface area contributed by atoms with E-state index < -0.39 is 0 Å². The summed E-state index contributed by atoms with van der Waals surface area (Å²) in [7, 11) is 0. The lowest BCUT2D eigenvalue weighted by Gasteiger charge is -2.05. The van der Waals surface area contributed by atoms with Crippen LogP contribution in [0.15, 0.2) is 30.5 Å². The van der Waals surface area contributed by atoms with E-state index in [2.05, 4.69) is 28.6 Å². The first kappa shape index (κ1) is 11.6. The number of aryl methyl sites for hydroxylation is 2.